The molecule has 0 unspecified atom stereocenters. The van der Waals surface area contributed by atoms with Crippen molar-refractivity contribution < 1.29 is 4.42 Å². The molecule has 2 N–H and O–H groups in total. The summed E-state index contributed by atoms with van der Waals surface area (Å²) in [5.41, 5.74) is 1.84. The monoisotopic (exact) mass is 392 g/mol. The minimum absolute atomic E-state index is 0.0710. The topological polar surface area (TPSA) is 87.7 Å². The number of benzene rings is 1. The van der Waals surface area contributed by atoms with Crippen LogP contribution in [0.2, 0.25) is 0 Å². The van der Waals surface area contributed by atoms with E-state index in [1.807, 2.05) is 36.4 Å². The van der Waals surface area contributed by atoms with Gasteiger partial charge in [0.05, 0.1) is 5.22 Å². The summed E-state index contributed by atoms with van der Waals surface area (Å²) in [6, 6.07) is 13.4. The van der Waals surface area contributed by atoms with E-state index in [4.69, 9.17) is 9.83 Å². The first-order valence-electron chi connectivity index (χ1n) is 9.16. The van der Waals surface area contributed by atoms with Gasteiger partial charge in [-0.05, 0) is 36.6 Å². The summed E-state index contributed by atoms with van der Waals surface area (Å²) < 4.78 is 8.35. The van der Waals surface area contributed by atoms with Crippen LogP contribution >= 0.6 is 11.3 Å². The Bertz CT molecular complexity index is 1320. The summed E-state index contributed by atoms with van der Waals surface area (Å²) in [6.07, 6.45) is 3.39. The summed E-state index contributed by atoms with van der Waals surface area (Å²) in [6.45, 7) is 4.19. The normalized spacial score (nSPS) is 12.0. The number of rotatable bonds is 4. The molecule has 2 aromatic rings. The van der Waals surface area contributed by atoms with E-state index in [9.17, 15) is 4.79 Å². The number of H-pyrrole nitrogens is 1. The van der Waals surface area contributed by atoms with Crippen LogP contribution in [0, 0.1) is 5.41 Å². The number of aromatic amines is 1. The third-order valence-electron chi connectivity index (χ3n) is 4.65. The van der Waals surface area contributed by atoms with Crippen LogP contribution < -0.4 is 20.9 Å². The summed E-state index contributed by atoms with van der Waals surface area (Å²) in [5, 5.41) is 12.4. The second kappa shape index (κ2) is 7.44. The fraction of sp³-hybridized carbons (Fsp3) is 0.190. The molecule has 1 aromatic carbocycles. The lowest BCUT2D eigenvalue weighted by Crippen LogP contribution is -2.47. The molecule has 6 nitrogen and oxygen atoms in total. The highest BCUT2D eigenvalue weighted by atomic mass is 32.1. The van der Waals surface area contributed by atoms with Gasteiger partial charge in [0.1, 0.15) is 16.2 Å². The van der Waals surface area contributed by atoms with Crippen LogP contribution in [-0.2, 0) is 0 Å². The van der Waals surface area contributed by atoms with Crippen molar-refractivity contribution in [3.63, 3.8) is 0 Å². The number of nitrogens with zero attached hydrogens (tertiary/aromatic N) is 2. The first-order valence-corrected chi connectivity index (χ1v) is 9.98. The second-order valence-electron chi connectivity index (χ2n) is 6.36. The van der Waals surface area contributed by atoms with Crippen molar-refractivity contribution >= 4 is 23.0 Å². The van der Waals surface area contributed by atoms with E-state index >= 15 is 0 Å². The maximum Gasteiger partial charge on any atom is 0.283 e. The molecular weight excluding hydrogens is 372 g/mol. The number of nitrogens with one attached hydrogen (secondary N) is 2. The van der Waals surface area contributed by atoms with E-state index in [-0.39, 0.29) is 10.7 Å². The van der Waals surface area contributed by atoms with Crippen LogP contribution in [0.5, 0.6) is 0 Å². The van der Waals surface area contributed by atoms with Crippen LogP contribution in [0.4, 0.5) is 0 Å². The highest BCUT2D eigenvalue weighted by Gasteiger charge is 2.12. The lowest BCUT2D eigenvalue weighted by atomic mass is 10.2. The Morgan fingerprint density at radius 3 is 2.68 bits per heavy atom. The van der Waals surface area contributed by atoms with Crippen molar-refractivity contribution in [2.75, 3.05) is 0 Å². The van der Waals surface area contributed by atoms with Crippen molar-refractivity contribution in [1.82, 2.24) is 14.8 Å². The molecule has 142 valence electrons. The molecule has 0 bridgehead atoms. The van der Waals surface area contributed by atoms with Crippen molar-refractivity contribution in [2.24, 2.45) is 0 Å². The predicted octanol–water partition coefficient (Wildman–Crippen LogP) is 2.60. The smallest absolute Gasteiger partial charge is 0.283 e. The Hall–Kier alpha value is -3.19. The van der Waals surface area contributed by atoms with Crippen LogP contribution in [0.15, 0.2) is 51.7 Å². The summed E-state index contributed by atoms with van der Waals surface area (Å²) in [7, 11) is 0. The molecule has 2 aliphatic rings. The van der Waals surface area contributed by atoms with E-state index in [2.05, 4.69) is 23.9 Å². The quantitative estimate of drug-likeness (QED) is 0.560. The van der Waals surface area contributed by atoms with Crippen molar-refractivity contribution in [3.8, 4) is 16.5 Å². The zero-order chi connectivity index (χ0) is 19.7. The van der Waals surface area contributed by atoms with E-state index in [0.717, 1.165) is 23.1 Å². The highest BCUT2D eigenvalue weighted by Crippen LogP contribution is 2.21. The van der Waals surface area contributed by atoms with Gasteiger partial charge in [-0.25, -0.2) is 4.68 Å². The molecule has 28 heavy (non-hydrogen) atoms. The zero-order valence-electron chi connectivity index (χ0n) is 15.7. The van der Waals surface area contributed by atoms with Gasteiger partial charge in [-0.2, -0.15) is 4.98 Å². The van der Waals surface area contributed by atoms with Crippen LogP contribution in [0.25, 0.3) is 28.1 Å². The predicted molar refractivity (Wildman–Crippen MR) is 110 cm³/mol. The summed E-state index contributed by atoms with van der Waals surface area (Å²) in [4.78, 5) is 16.7. The third kappa shape index (κ3) is 3.25. The van der Waals surface area contributed by atoms with E-state index in [1.54, 1.807) is 16.8 Å². The number of furan rings is 1. The first kappa shape index (κ1) is 18.2. The minimum Gasteiger partial charge on any atom is -0.457 e. The average Bonchev–Trinajstić information content (AvgIpc) is 3.34. The zero-order valence-corrected chi connectivity index (χ0v) is 16.5. The molecule has 3 heterocycles. The lowest BCUT2D eigenvalue weighted by Gasteiger charge is -1.99. The Morgan fingerprint density at radius 1 is 1.21 bits per heavy atom. The van der Waals surface area contributed by atoms with Crippen molar-refractivity contribution in [2.45, 2.75) is 26.7 Å². The standard InChI is InChI=1S/C21H20N4O2S/c1-3-13(4-2)20-24-25-18(22)16(19(26)23-21(25)28-20)12-15-10-11-17(27-15)14-8-6-5-7-9-14/h5-12,22,24H,3-4H2,1-2H3. The van der Waals surface area contributed by atoms with Gasteiger partial charge in [-0.15, -0.1) is 0 Å². The van der Waals surface area contributed by atoms with E-state index in [1.165, 1.54) is 16.9 Å². The Labute approximate surface area is 165 Å². The maximum atomic E-state index is 12.5. The van der Waals surface area contributed by atoms with E-state index in [0.29, 0.717) is 16.7 Å². The van der Waals surface area contributed by atoms with Gasteiger partial charge in [0.15, 0.2) is 5.49 Å². The number of fused-ring (bicyclic) bond motifs is 1. The van der Waals surface area contributed by atoms with Gasteiger partial charge in [-0.1, -0.05) is 55.5 Å². The SMILES string of the molecule is CCC(CC)=c1[nH]n2c(=N)c(=Cc3ccc(-c4ccccc4)o3)c(=O)nc-2s1. The molecular formula is C21H20N4O2S. The van der Waals surface area contributed by atoms with Gasteiger partial charge in [0, 0.05) is 5.56 Å². The number of aromatic nitrogens is 3. The molecule has 0 radical (unpaired) electrons. The van der Waals surface area contributed by atoms with E-state index < -0.39 is 5.56 Å². The Balaban J connectivity index is 1.87. The molecule has 2 aliphatic heterocycles. The molecule has 0 saturated carbocycles. The second-order valence-corrected chi connectivity index (χ2v) is 7.34. The molecule has 0 fully saturated rings. The van der Waals surface area contributed by atoms with Crippen molar-refractivity contribution in [1.29, 1.82) is 5.41 Å². The Kier molecular flexibility index (Phi) is 4.83. The molecule has 0 atom stereocenters. The lowest BCUT2D eigenvalue weighted by molar-refractivity contribution is 0.571. The van der Waals surface area contributed by atoms with Crippen LogP contribution in [-0.4, -0.2) is 14.8 Å². The molecule has 1 aromatic heterocycles. The maximum absolute atomic E-state index is 12.5. The molecule has 0 saturated heterocycles. The summed E-state index contributed by atoms with van der Waals surface area (Å²) in [5.74, 6) is 1.22. The molecule has 0 spiro atoms. The summed E-state index contributed by atoms with van der Waals surface area (Å²) >= 11 is 1.40. The van der Waals surface area contributed by atoms with Gasteiger partial charge in [-0.3, -0.25) is 15.3 Å². The number of hydrogen-bond donors (Lipinski definition) is 2. The minimum atomic E-state index is -0.431. The van der Waals surface area contributed by atoms with Crippen molar-refractivity contribution in [3.05, 3.63) is 73.9 Å². The third-order valence-corrected chi connectivity index (χ3v) is 5.69. The van der Waals surface area contributed by atoms with Gasteiger partial charge in [0.25, 0.3) is 5.56 Å². The largest absolute Gasteiger partial charge is 0.457 e. The van der Waals surface area contributed by atoms with Crippen LogP contribution in [0.1, 0.15) is 32.4 Å². The molecule has 0 amide bonds. The molecule has 0 aliphatic carbocycles. The van der Waals surface area contributed by atoms with Crippen LogP contribution in [0.3, 0.4) is 0 Å². The fourth-order valence-electron chi connectivity index (χ4n) is 3.08. The first-order chi connectivity index (χ1) is 13.6. The molecule has 7 heteroatoms. The van der Waals surface area contributed by atoms with Gasteiger partial charge < -0.3 is 4.42 Å². The highest BCUT2D eigenvalue weighted by molar-refractivity contribution is 7.11. The van der Waals surface area contributed by atoms with Gasteiger partial charge in [0.2, 0.25) is 5.13 Å². The fourth-order valence-corrected chi connectivity index (χ4v) is 4.19. The molecule has 4 rings (SSSR count). The average molecular weight is 392 g/mol. The number of hydrogen-bond acceptors (Lipinski definition) is 5. The Morgan fingerprint density at radius 2 is 1.96 bits per heavy atom. The van der Waals surface area contributed by atoms with Gasteiger partial charge >= 0.3 is 0 Å².